The Kier molecular flexibility index (Phi) is 9.01. The van der Waals surface area contributed by atoms with Crippen LogP contribution in [-0.4, -0.2) is 86.9 Å². The average Bonchev–Trinajstić information content (AvgIpc) is 3.64. The van der Waals surface area contributed by atoms with E-state index in [4.69, 9.17) is 30.1 Å². The lowest BCUT2D eigenvalue weighted by molar-refractivity contribution is 0.269. The van der Waals surface area contributed by atoms with Gasteiger partial charge in [-0.05, 0) is 30.7 Å². The van der Waals surface area contributed by atoms with Crippen LogP contribution in [0.4, 0.5) is 16.2 Å². The van der Waals surface area contributed by atoms with Crippen LogP contribution in [0.15, 0.2) is 67.6 Å². The number of benzene rings is 1. The standard InChI is InChI=1S/C27H29FN10O.H3O4P/c1-27(29,21-2-4-23(28)5-3-21)22-14-30-26(31-15-22)36-8-6-35(7-9-36)25-24-12-19(17-38(24)34-18-32-25)20-13-33-37(16-20)10-11-39;1-5(2,3)4/h2-5,12-18,39H,6-11,29H2,1H3;(H3,1,2,3,4)/t27-;/m0./s1. The van der Waals surface area contributed by atoms with Gasteiger partial charge >= 0.3 is 7.82 Å². The summed E-state index contributed by atoms with van der Waals surface area (Å²) in [7, 11) is -4.64. The van der Waals surface area contributed by atoms with Crippen molar-refractivity contribution < 1.29 is 28.7 Å². The van der Waals surface area contributed by atoms with Crippen molar-refractivity contribution in [2.75, 3.05) is 42.6 Å². The molecule has 6 rings (SSSR count). The normalized spacial score (nSPS) is 15.2. The molecule has 1 aliphatic heterocycles. The molecule has 44 heavy (non-hydrogen) atoms. The molecule has 0 radical (unpaired) electrons. The van der Waals surface area contributed by atoms with E-state index in [9.17, 15) is 4.39 Å². The van der Waals surface area contributed by atoms with Crippen LogP contribution in [-0.2, 0) is 16.6 Å². The number of aliphatic hydroxyl groups excluding tert-OH is 1. The minimum Gasteiger partial charge on any atom is -0.394 e. The number of halogens is 1. The van der Waals surface area contributed by atoms with Crippen molar-refractivity contribution in [3.05, 3.63) is 84.6 Å². The molecule has 0 saturated carbocycles. The van der Waals surface area contributed by atoms with Crippen molar-refractivity contribution in [2.45, 2.75) is 19.0 Å². The van der Waals surface area contributed by atoms with E-state index < -0.39 is 13.4 Å². The number of nitrogens with two attached hydrogens (primary N) is 1. The number of anilines is 2. The summed E-state index contributed by atoms with van der Waals surface area (Å²) in [5, 5.41) is 17.9. The van der Waals surface area contributed by atoms with Crippen LogP contribution in [0.5, 0.6) is 0 Å². The second-order valence-electron chi connectivity index (χ2n) is 10.3. The number of aromatic nitrogens is 7. The number of fused-ring (bicyclic) bond motifs is 1. The van der Waals surface area contributed by atoms with E-state index >= 15 is 0 Å². The number of hydrogen-bond acceptors (Lipinski definition) is 10. The summed E-state index contributed by atoms with van der Waals surface area (Å²) >= 11 is 0. The highest BCUT2D eigenvalue weighted by Gasteiger charge is 2.26. The number of aliphatic hydroxyl groups is 1. The van der Waals surface area contributed by atoms with E-state index in [-0.39, 0.29) is 12.4 Å². The van der Waals surface area contributed by atoms with Crippen LogP contribution in [0.25, 0.3) is 16.6 Å². The van der Waals surface area contributed by atoms with Gasteiger partial charge in [0.15, 0.2) is 5.82 Å². The molecule has 0 bridgehead atoms. The van der Waals surface area contributed by atoms with Crippen molar-refractivity contribution in [3.8, 4) is 11.1 Å². The monoisotopic (exact) mass is 626 g/mol. The molecule has 4 aromatic heterocycles. The predicted octanol–water partition coefficient (Wildman–Crippen LogP) is 1.13. The molecule has 6 N–H and O–H groups in total. The van der Waals surface area contributed by atoms with Gasteiger partial charge in [-0.15, -0.1) is 0 Å². The molecule has 0 unspecified atom stereocenters. The number of nitrogens with zero attached hydrogens (tertiary/aromatic N) is 9. The molecule has 0 aliphatic carbocycles. The first kappa shape index (κ1) is 31.1. The second-order valence-corrected chi connectivity index (χ2v) is 11.4. The van der Waals surface area contributed by atoms with E-state index in [0.29, 0.717) is 12.5 Å². The SMILES string of the molecule is C[C@](N)(c1ccc(F)cc1)c1cnc(N2CCN(c3ncnn4cc(-c5cnn(CCO)c5)cc34)CC2)nc1.O=P(O)(O)O. The Hall–Kier alpha value is -4.31. The summed E-state index contributed by atoms with van der Waals surface area (Å²) in [6.45, 7) is 5.32. The van der Waals surface area contributed by atoms with Gasteiger partial charge < -0.3 is 35.3 Å². The Bertz CT molecular complexity index is 1740. The summed E-state index contributed by atoms with van der Waals surface area (Å²) in [5.41, 5.74) is 10.1. The molecular weight excluding hydrogens is 594 g/mol. The minimum atomic E-state index is -4.64. The van der Waals surface area contributed by atoms with Gasteiger partial charge in [0, 0.05) is 67.7 Å². The summed E-state index contributed by atoms with van der Waals surface area (Å²) in [5.74, 6) is 1.21. The second kappa shape index (κ2) is 12.7. The zero-order chi connectivity index (χ0) is 31.5. The van der Waals surface area contributed by atoms with Crippen LogP contribution in [0.1, 0.15) is 18.1 Å². The molecular formula is C27H32FN10O5P. The van der Waals surface area contributed by atoms with Crippen molar-refractivity contribution in [2.24, 2.45) is 5.73 Å². The molecule has 0 spiro atoms. The molecule has 1 aliphatic rings. The molecule has 17 heteroatoms. The lowest BCUT2D eigenvalue weighted by atomic mass is 9.87. The Morgan fingerprint density at radius 3 is 2.18 bits per heavy atom. The molecule has 0 amide bonds. The highest BCUT2D eigenvalue weighted by molar-refractivity contribution is 7.45. The van der Waals surface area contributed by atoms with Crippen molar-refractivity contribution in [1.82, 2.24) is 34.3 Å². The van der Waals surface area contributed by atoms with Gasteiger partial charge in [0.2, 0.25) is 5.95 Å². The van der Waals surface area contributed by atoms with Crippen LogP contribution in [0.3, 0.4) is 0 Å². The molecule has 5 heterocycles. The molecule has 232 valence electrons. The Balaban J connectivity index is 0.000000712. The molecule has 1 atom stereocenters. The van der Waals surface area contributed by atoms with Gasteiger partial charge in [-0.25, -0.2) is 28.4 Å². The third-order valence-corrected chi connectivity index (χ3v) is 7.23. The molecule has 1 fully saturated rings. The van der Waals surface area contributed by atoms with E-state index in [0.717, 1.165) is 59.8 Å². The van der Waals surface area contributed by atoms with Gasteiger partial charge in [0.1, 0.15) is 17.7 Å². The van der Waals surface area contributed by atoms with Gasteiger partial charge in [-0.2, -0.15) is 10.2 Å². The Labute approximate surface area is 251 Å². The third kappa shape index (κ3) is 7.24. The first-order valence-corrected chi connectivity index (χ1v) is 15.1. The number of phosphoric acid groups is 1. The fraction of sp³-hybridized carbons (Fsp3) is 0.296. The number of piperazine rings is 1. The third-order valence-electron chi connectivity index (χ3n) is 7.23. The van der Waals surface area contributed by atoms with Crippen LogP contribution >= 0.6 is 7.82 Å². The Morgan fingerprint density at radius 1 is 0.909 bits per heavy atom. The van der Waals surface area contributed by atoms with Gasteiger partial charge in [0.05, 0.1) is 24.9 Å². The quantitative estimate of drug-likeness (QED) is 0.161. The zero-order valence-corrected chi connectivity index (χ0v) is 24.6. The smallest absolute Gasteiger partial charge is 0.394 e. The van der Waals surface area contributed by atoms with E-state index in [1.165, 1.54) is 12.1 Å². The summed E-state index contributed by atoms with van der Waals surface area (Å²) in [6, 6.07) is 8.24. The van der Waals surface area contributed by atoms with Gasteiger partial charge in [-0.1, -0.05) is 12.1 Å². The maximum atomic E-state index is 13.4. The van der Waals surface area contributed by atoms with Crippen molar-refractivity contribution >= 4 is 25.1 Å². The van der Waals surface area contributed by atoms with Gasteiger partial charge in [-0.3, -0.25) is 4.68 Å². The first-order valence-electron chi connectivity index (χ1n) is 13.5. The molecule has 1 saturated heterocycles. The topological polar surface area (TPSA) is 204 Å². The molecule has 15 nitrogen and oxygen atoms in total. The first-order chi connectivity index (χ1) is 20.9. The van der Waals surface area contributed by atoms with Crippen molar-refractivity contribution in [3.63, 3.8) is 0 Å². The largest absolute Gasteiger partial charge is 0.466 e. The summed E-state index contributed by atoms with van der Waals surface area (Å²) in [4.78, 5) is 39.7. The van der Waals surface area contributed by atoms with Crippen molar-refractivity contribution in [1.29, 1.82) is 0 Å². The summed E-state index contributed by atoms with van der Waals surface area (Å²) in [6.07, 6.45) is 10.7. The van der Waals surface area contributed by atoms with E-state index in [2.05, 4.69) is 41.0 Å². The number of hydrogen-bond donors (Lipinski definition) is 5. The van der Waals surface area contributed by atoms with Gasteiger partial charge in [0.25, 0.3) is 0 Å². The number of rotatable bonds is 7. The summed E-state index contributed by atoms with van der Waals surface area (Å²) < 4.78 is 25.8. The maximum absolute atomic E-state index is 13.4. The van der Waals surface area contributed by atoms with Crippen LogP contribution in [0.2, 0.25) is 0 Å². The highest BCUT2D eigenvalue weighted by Crippen LogP contribution is 2.29. The van der Waals surface area contributed by atoms with Crippen LogP contribution < -0.4 is 15.5 Å². The van der Waals surface area contributed by atoms with Crippen LogP contribution in [0, 0.1) is 5.82 Å². The van der Waals surface area contributed by atoms with E-state index in [1.54, 1.807) is 41.7 Å². The predicted molar refractivity (Wildman–Crippen MR) is 159 cm³/mol. The minimum absolute atomic E-state index is 0.0397. The molecule has 5 aromatic rings. The fourth-order valence-electron chi connectivity index (χ4n) is 4.89. The van der Waals surface area contributed by atoms with E-state index in [1.807, 2.05) is 23.8 Å². The average molecular weight is 627 g/mol. The maximum Gasteiger partial charge on any atom is 0.466 e. The lowest BCUT2D eigenvalue weighted by Crippen LogP contribution is -2.47. The highest BCUT2D eigenvalue weighted by atomic mass is 31.2. The molecule has 1 aromatic carbocycles. The Morgan fingerprint density at radius 2 is 1.55 bits per heavy atom. The lowest BCUT2D eigenvalue weighted by Gasteiger charge is -2.35. The fourth-order valence-corrected chi connectivity index (χ4v) is 4.89. The zero-order valence-electron chi connectivity index (χ0n) is 23.7.